The zero-order chi connectivity index (χ0) is 19.7. The predicted molar refractivity (Wildman–Crippen MR) is 105 cm³/mol. The Bertz CT molecular complexity index is 835. The highest BCUT2D eigenvalue weighted by Crippen LogP contribution is 2.28. The zero-order valence-corrected chi connectivity index (χ0v) is 17.0. The number of carbonyl (C=O) groups excluding carboxylic acids is 1. The second-order valence-corrected chi connectivity index (χ2v) is 8.45. The van der Waals surface area contributed by atoms with E-state index in [-0.39, 0.29) is 16.7 Å². The molecule has 27 heavy (non-hydrogen) atoms. The fourth-order valence-electron chi connectivity index (χ4n) is 2.31. The summed E-state index contributed by atoms with van der Waals surface area (Å²) in [4.78, 5) is 11.9. The Kier molecular flexibility index (Phi) is 8.08. The van der Waals surface area contributed by atoms with Gasteiger partial charge in [-0.15, -0.1) is 11.3 Å². The van der Waals surface area contributed by atoms with Gasteiger partial charge in [0.05, 0.1) is 19.8 Å². The minimum absolute atomic E-state index is 0.188. The van der Waals surface area contributed by atoms with Crippen molar-refractivity contribution in [3.05, 3.63) is 41.3 Å². The number of amides is 1. The number of hydrogen-bond acceptors (Lipinski definition) is 6. The van der Waals surface area contributed by atoms with Gasteiger partial charge in [0.25, 0.3) is 10.0 Å². The lowest BCUT2D eigenvalue weighted by molar-refractivity contribution is -0.119. The third-order valence-electron chi connectivity index (χ3n) is 3.53. The second kappa shape index (κ2) is 10.3. The molecule has 7 nitrogen and oxygen atoms in total. The molecule has 0 spiro atoms. The molecule has 2 N–H and O–H groups in total. The zero-order valence-electron chi connectivity index (χ0n) is 15.4. The Balaban J connectivity index is 1.81. The summed E-state index contributed by atoms with van der Waals surface area (Å²) in [5.74, 6) is 0.980. The van der Waals surface area contributed by atoms with E-state index in [1.807, 2.05) is 32.0 Å². The topological polar surface area (TPSA) is 93.7 Å². The first kappa shape index (κ1) is 21.2. The first-order chi connectivity index (χ1) is 13.0. The van der Waals surface area contributed by atoms with Crippen LogP contribution in [0, 0.1) is 0 Å². The lowest BCUT2D eigenvalue weighted by Crippen LogP contribution is -2.37. The molecule has 0 unspecified atom stereocenters. The molecule has 1 aromatic carbocycles. The van der Waals surface area contributed by atoms with Crippen molar-refractivity contribution in [1.82, 2.24) is 10.0 Å². The van der Waals surface area contributed by atoms with Crippen molar-refractivity contribution in [3.63, 3.8) is 0 Å². The van der Waals surface area contributed by atoms with E-state index in [2.05, 4.69) is 10.0 Å². The molecule has 0 fully saturated rings. The van der Waals surface area contributed by atoms with Crippen LogP contribution in [0.5, 0.6) is 11.5 Å². The molecular weight excluding hydrogens is 388 g/mol. The molecule has 1 aromatic heterocycles. The SMILES string of the molecule is CCOc1ccc(CCNC(=O)CNS(=O)(=O)c2cccs2)cc1OCC. The number of sulfonamides is 1. The number of thiophene rings is 1. The van der Waals surface area contributed by atoms with E-state index in [0.29, 0.717) is 37.7 Å². The number of hydrogen-bond donors (Lipinski definition) is 2. The van der Waals surface area contributed by atoms with E-state index in [9.17, 15) is 13.2 Å². The lowest BCUT2D eigenvalue weighted by Gasteiger charge is -2.12. The first-order valence-corrected chi connectivity index (χ1v) is 11.0. The smallest absolute Gasteiger partial charge is 0.250 e. The van der Waals surface area contributed by atoms with Crippen LogP contribution >= 0.6 is 11.3 Å². The fraction of sp³-hybridized carbons (Fsp3) is 0.389. The van der Waals surface area contributed by atoms with Crippen molar-refractivity contribution in [3.8, 4) is 11.5 Å². The van der Waals surface area contributed by atoms with Crippen LogP contribution in [-0.4, -0.2) is 40.6 Å². The molecule has 0 saturated carbocycles. The van der Waals surface area contributed by atoms with Crippen LogP contribution in [0.4, 0.5) is 0 Å². The number of nitrogens with one attached hydrogen (secondary N) is 2. The summed E-state index contributed by atoms with van der Waals surface area (Å²) in [6, 6.07) is 8.79. The number of rotatable bonds is 11. The Labute approximate surface area is 163 Å². The standard InChI is InChI=1S/C18H24N2O5S2/c1-3-24-15-8-7-14(12-16(15)25-4-2)9-10-19-17(21)13-20-27(22,23)18-6-5-11-26-18/h5-8,11-12,20H,3-4,9-10,13H2,1-2H3,(H,19,21). The van der Waals surface area contributed by atoms with Gasteiger partial charge in [-0.1, -0.05) is 12.1 Å². The van der Waals surface area contributed by atoms with Gasteiger partial charge in [0, 0.05) is 6.54 Å². The maximum atomic E-state index is 12.0. The molecule has 148 valence electrons. The van der Waals surface area contributed by atoms with E-state index in [4.69, 9.17) is 9.47 Å². The summed E-state index contributed by atoms with van der Waals surface area (Å²) < 4.78 is 37.5. The lowest BCUT2D eigenvalue weighted by atomic mass is 10.1. The molecule has 0 saturated heterocycles. The molecule has 1 amide bonds. The molecule has 0 atom stereocenters. The minimum Gasteiger partial charge on any atom is -0.490 e. The van der Waals surface area contributed by atoms with Crippen LogP contribution in [0.3, 0.4) is 0 Å². The third-order valence-corrected chi connectivity index (χ3v) is 6.33. The molecule has 0 aliphatic heterocycles. The number of benzene rings is 1. The van der Waals surface area contributed by atoms with Gasteiger partial charge in [-0.3, -0.25) is 4.79 Å². The van der Waals surface area contributed by atoms with Crippen molar-refractivity contribution in [2.75, 3.05) is 26.3 Å². The van der Waals surface area contributed by atoms with Crippen LogP contribution in [0.25, 0.3) is 0 Å². The highest BCUT2D eigenvalue weighted by Gasteiger charge is 2.16. The van der Waals surface area contributed by atoms with Gasteiger partial charge in [-0.2, -0.15) is 0 Å². The van der Waals surface area contributed by atoms with Crippen molar-refractivity contribution in [2.24, 2.45) is 0 Å². The molecule has 0 aliphatic rings. The number of ether oxygens (including phenoxy) is 2. The summed E-state index contributed by atoms with van der Waals surface area (Å²) in [7, 11) is -3.63. The predicted octanol–water partition coefficient (Wildman–Crippen LogP) is 2.18. The highest BCUT2D eigenvalue weighted by molar-refractivity contribution is 7.91. The molecule has 0 bridgehead atoms. The first-order valence-electron chi connectivity index (χ1n) is 8.64. The summed E-state index contributed by atoms with van der Waals surface area (Å²) in [6.45, 7) is 4.99. The second-order valence-electron chi connectivity index (χ2n) is 5.50. The van der Waals surface area contributed by atoms with Crippen LogP contribution < -0.4 is 19.5 Å². The minimum atomic E-state index is -3.63. The van der Waals surface area contributed by atoms with Gasteiger partial charge < -0.3 is 14.8 Å². The Morgan fingerprint density at radius 2 is 1.85 bits per heavy atom. The van der Waals surface area contributed by atoms with Gasteiger partial charge in [0.15, 0.2) is 11.5 Å². The van der Waals surface area contributed by atoms with E-state index in [0.717, 1.165) is 16.9 Å². The summed E-state index contributed by atoms with van der Waals surface area (Å²) in [5.41, 5.74) is 0.987. The summed E-state index contributed by atoms with van der Waals surface area (Å²) >= 11 is 1.10. The van der Waals surface area contributed by atoms with E-state index in [1.54, 1.807) is 11.4 Å². The Morgan fingerprint density at radius 1 is 1.11 bits per heavy atom. The third kappa shape index (κ3) is 6.53. The quantitative estimate of drug-likeness (QED) is 0.590. The molecule has 2 rings (SSSR count). The summed E-state index contributed by atoms with van der Waals surface area (Å²) in [5, 5.41) is 4.37. The average molecular weight is 413 g/mol. The molecule has 0 aliphatic carbocycles. The molecular formula is C18H24N2O5S2. The maximum absolute atomic E-state index is 12.0. The van der Waals surface area contributed by atoms with Gasteiger partial charge in [-0.05, 0) is 49.4 Å². The van der Waals surface area contributed by atoms with Gasteiger partial charge in [-0.25, -0.2) is 13.1 Å². The van der Waals surface area contributed by atoms with Gasteiger partial charge in [0.1, 0.15) is 4.21 Å². The molecule has 1 heterocycles. The normalized spacial score (nSPS) is 11.2. The van der Waals surface area contributed by atoms with Crippen LogP contribution in [0.2, 0.25) is 0 Å². The fourth-order valence-corrected chi connectivity index (χ4v) is 4.33. The van der Waals surface area contributed by atoms with Crippen molar-refractivity contribution >= 4 is 27.3 Å². The van der Waals surface area contributed by atoms with Crippen LogP contribution in [0.15, 0.2) is 39.9 Å². The van der Waals surface area contributed by atoms with E-state index >= 15 is 0 Å². The van der Waals surface area contributed by atoms with Crippen molar-refractivity contribution in [1.29, 1.82) is 0 Å². The Hall–Kier alpha value is -2.10. The monoisotopic (exact) mass is 412 g/mol. The molecule has 9 heteroatoms. The van der Waals surface area contributed by atoms with E-state index < -0.39 is 10.0 Å². The Morgan fingerprint density at radius 3 is 2.52 bits per heavy atom. The summed E-state index contributed by atoms with van der Waals surface area (Å²) in [6.07, 6.45) is 0.593. The number of carbonyl (C=O) groups is 1. The highest BCUT2D eigenvalue weighted by atomic mass is 32.2. The maximum Gasteiger partial charge on any atom is 0.250 e. The van der Waals surface area contributed by atoms with Gasteiger partial charge >= 0.3 is 0 Å². The van der Waals surface area contributed by atoms with Crippen molar-refractivity contribution < 1.29 is 22.7 Å². The molecule has 0 radical (unpaired) electrons. The van der Waals surface area contributed by atoms with Crippen LogP contribution in [-0.2, 0) is 21.2 Å². The average Bonchev–Trinajstić information content (AvgIpc) is 3.18. The largest absolute Gasteiger partial charge is 0.490 e. The van der Waals surface area contributed by atoms with E-state index in [1.165, 1.54) is 6.07 Å². The van der Waals surface area contributed by atoms with Crippen LogP contribution in [0.1, 0.15) is 19.4 Å². The van der Waals surface area contributed by atoms with Crippen molar-refractivity contribution in [2.45, 2.75) is 24.5 Å². The molecule has 2 aromatic rings. The van der Waals surface area contributed by atoms with Gasteiger partial charge in [0.2, 0.25) is 5.91 Å².